The summed E-state index contributed by atoms with van der Waals surface area (Å²) in [5.74, 6) is 1.90. The first-order chi connectivity index (χ1) is 9.61. The molecule has 2 heteroatoms. The lowest BCUT2D eigenvalue weighted by atomic mass is 9.95. The minimum Gasteiger partial charge on any atom is -0.353 e. The van der Waals surface area contributed by atoms with Crippen LogP contribution in [0, 0.1) is 25.7 Å². The Bertz CT molecular complexity index is 508. The Hall–Kier alpha value is -1.31. The number of rotatable bonds is 4. The normalized spacial score (nSPS) is 27.8. The second kappa shape index (κ2) is 5.59. The van der Waals surface area contributed by atoms with Crippen molar-refractivity contribution in [2.75, 3.05) is 0 Å². The largest absolute Gasteiger partial charge is 0.353 e. The van der Waals surface area contributed by atoms with Crippen molar-refractivity contribution in [2.45, 2.75) is 58.4 Å². The van der Waals surface area contributed by atoms with Crippen LogP contribution in [0.4, 0.5) is 0 Å². The van der Waals surface area contributed by atoms with Gasteiger partial charge in [-0.3, -0.25) is 4.79 Å². The molecule has 2 aliphatic carbocycles. The maximum absolute atomic E-state index is 12.1. The highest BCUT2D eigenvalue weighted by molar-refractivity contribution is 5.76. The van der Waals surface area contributed by atoms with Gasteiger partial charge in [0.2, 0.25) is 5.91 Å². The zero-order chi connectivity index (χ0) is 14.1. The number of carbonyl (C=O) groups excluding carboxylic acids is 1. The summed E-state index contributed by atoms with van der Waals surface area (Å²) in [6.07, 6.45) is 6.76. The molecule has 1 aromatic carbocycles. The first kappa shape index (κ1) is 13.7. The van der Waals surface area contributed by atoms with Crippen LogP contribution in [0.15, 0.2) is 18.2 Å². The summed E-state index contributed by atoms with van der Waals surface area (Å²) in [5, 5.41) is 3.27. The maximum atomic E-state index is 12.1. The van der Waals surface area contributed by atoms with Crippen LogP contribution in [0.1, 0.15) is 48.8 Å². The van der Waals surface area contributed by atoms with Crippen LogP contribution in [-0.2, 0) is 11.2 Å². The third-order valence-corrected chi connectivity index (χ3v) is 5.30. The summed E-state index contributed by atoms with van der Waals surface area (Å²) in [7, 11) is 0. The Kier molecular flexibility index (Phi) is 3.82. The van der Waals surface area contributed by atoms with Gasteiger partial charge in [0.1, 0.15) is 0 Å². The number of amides is 1. The number of carbonyl (C=O) groups is 1. The van der Waals surface area contributed by atoms with Gasteiger partial charge in [-0.15, -0.1) is 0 Å². The lowest BCUT2D eigenvalue weighted by Crippen LogP contribution is -2.38. The molecular formula is C18H25NO. The number of aryl methyl sites for hydroxylation is 3. The molecule has 0 saturated heterocycles. The summed E-state index contributed by atoms with van der Waals surface area (Å²) in [6, 6.07) is 6.98. The van der Waals surface area contributed by atoms with E-state index in [2.05, 4.69) is 37.4 Å². The van der Waals surface area contributed by atoms with E-state index in [0.717, 1.165) is 18.3 Å². The molecule has 0 spiro atoms. The van der Waals surface area contributed by atoms with Gasteiger partial charge in [0.05, 0.1) is 0 Å². The van der Waals surface area contributed by atoms with Crippen molar-refractivity contribution in [3.63, 3.8) is 0 Å². The van der Waals surface area contributed by atoms with Crippen molar-refractivity contribution in [3.8, 4) is 0 Å². The van der Waals surface area contributed by atoms with Crippen LogP contribution < -0.4 is 5.32 Å². The van der Waals surface area contributed by atoms with E-state index >= 15 is 0 Å². The molecule has 2 fully saturated rings. The zero-order valence-electron chi connectivity index (χ0n) is 12.6. The molecule has 0 heterocycles. The second-order valence-electron chi connectivity index (χ2n) is 6.77. The van der Waals surface area contributed by atoms with Crippen LogP contribution in [0.3, 0.4) is 0 Å². The fourth-order valence-electron chi connectivity index (χ4n) is 3.92. The smallest absolute Gasteiger partial charge is 0.220 e. The fraction of sp³-hybridized carbons (Fsp3) is 0.611. The predicted octanol–water partition coefficient (Wildman–Crippen LogP) is 3.54. The van der Waals surface area contributed by atoms with Gasteiger partial charge >= 0.3 is 0 Å². The molecule has 3 atom stereocenters. The molecule has 20 heavy (non-hydrogen) atoms. The number of nitrogens with one attached hydrogen (secondary N) is 1. The quantitative estimate of drug-likeness (QED) is 0.891. The summed E-state index contributed by atoms with van der Waals surface area (Å²) in [5.41, 5.74) is 3.91. The first-order valence-corrected chi connectivity index (χ1v) is 7.97. The molecule has 2 nitrogen and oxygen atoms in total. The molecule has 108 valence electrons. The van der Waals surface area contributed by atoms with Gasteiger partial charge < -0.3 is 5.32 Å². The highest BCUT2D eigenvalue weighted by Crippen LogP contribution is 2.44. The van der Waals surface area contributed by atoms with Gasteiger partial charge in [0, 0.05) is 12.5 Å². The first-order valence-electron chi connectivity index (χ1n) is 7.97. The van der Waals surface area contributed by atoms with Crippen LogP contribution >= 0.6 is 0 Å². The highest BCUT2D eigenvalue weighted by Gasteiger charge is 2.39. The van der Waals surface area contributed by atoms with Crippen molar-refractivity contribution >= 4 is 5.91 Å². The Labute approximate surface area is 122 Å². The van der Waals surface area contributed by atoms with Crippen molar-refractivity contribution in [3.05, 3.63) is 34.9 Å². The molecule has 1 amide bonds. The minimum atomic E-state index is 0.237. The average molecular weight is 271 g/mol. The standard InChI is InChI=1S/C18H25NO/c1-12-3-4-14(9-13(12)2)6-8-18(20)19-17-11-15-5-7-16(17)10-15/h3-4,9,15-17H,5-8,10-11H2,1-2H3,(H,19,20)/t15-,16+,17+/m0/s1. The topological polar surface area (TPSA) is 29.1 Å². The van der Waals surface area contributed by atoms with Crippen LogP contribution in [0.25, 0.3) is 0 Å². The lowest BCUT2D eigenvalue weighted by Gasteiger charge is -2.22. The van der Waals surface area contributed by atoms with Gasteiger partial charge in [-0.05, 0) is 68.1 Å². The second-order valence-corrected chi connectivity index (χ2v) is 6.77. The number of hydrogen-bond acceptors (Lipinski definition) is 1. The molecular weight excluding hydrogens is 246 g/mol. The van der Waals surface area contributed by atoms with E-state index in [1.165, 1.54) is 42.4 Å². The third kappa shape index (κ3) is 2.89. The zero-order valence-corrected chi connectivity index (χ0v) is 12.6. The van der Waals surface area contributed by atoms with Gasteiger partial charge in [-0.2, -0.15) is 0 Å². The van der Waals surface area contributed by atoms with E-state index in [0.29, 0.717) is 12.5 Å². The number of hydrogen-bond donors (Lipinski definition) is 1. The number of benzene rings is 1. The molecule has 3 rings (SSSR count). The fourth-order valence-corrected chi connectivity index (χ4v) is 3.92. The van der Waals surface area contributed by atoms with Gasteiger partial charge in [0.25, 0.3) is 0 Å². The summed E-state index contributed by atoms with van der Waals surface area (Å²) >= 11 is 0. The highest BCUT2D eigenvalue weighted by atomic mass is 16.1. The van der Waals surface area contributed by atoms with Gasteiger partial charge in [-0.1, -0.05) is 24.6 Å². The SMILES string of the molecule is Cc1ccc(CCC(=O)N[C@@H]2C[C@H]3CC[C@@H]2C3)cc1C. The predicted molar refractivity (Wildman–Crippen MR) is 81.6 cm³/mol. The van der Waals surface area contributed by atoms with Gasteiger partial charge in [0.15, 0.2) is 0 Å². The van der Waals surface area contributed by atoms with Crippen molar-refractivity contribution < 1.29 is 4.79 Å². The molecule has 0 aromatic heterocycles. The monoisotopic (exact) mass is 271 g/mol. The van der Waals surface area contributed by atoms with Crippen LogP contribution in [0.2, 0.25) is 0 Å². The Morgan fingerprint density at radius 1 is 1.20 bits per heavy atom. The van der Waals surface area contributed by atoms with Crippen molar-refractivity contribution in [2.24, 2.45) is 11.8 Å². The van der Waals surface area contributed by atoms with E-state index in [4.69, 9.17) is 0 Å². The average Bonchev–Trinajstić information content (AvgIpc) is 3.02. The molecule has 2 saturated carbocycles. The maximum Gasteiger partial charge on any atom is 0.220 e. The molecule has 2 bridgehead atoms. The van der Waals surface area contributed by atoms with E-state index in [1.54, 1.807) is 0 Å². The van der Waals surface area contributed by atoms with Crippen molar-refractivity contribution in [1.82, 2.24) is 5.32 Å². The Morgan fingerprint density at radius 3 is 2.70 bits per heavy atom. The molecule has 0 aliphatic heterocycles. The van der Waals surface area contributed by atoms with Crippen molar-refractivity contribution in [1.29, 1.82) is 0 Å². The van der Waals surface area contributed by atoms with Crippen LogP contribution in [-0.4, -0.2) is 11.9 Å². The third-order valence-electron chi connectivity index (χ3n) is 5.30. The Morgan fingerprint density at radius 2 is 2.05 bits per heavy atom. The molecule has 2 aliphatic rings. The van der Waals surface area contributed by atoms with E-state index in [-0.39, 0.29) is 5.91 Å². The van der Waals surface area contributed by atoms with E-state index in [1.807, 2.05) is 0 Å². The Balaban J connectivity index is 1.48. The lowest BCUT2D eigenvalue weighted by molar-refractivity contribution is -0.122. The van der Waals surface area contributed by atoms with Gasteiger partial charge in [-0.25, -0.2) is 0 Å². The van der Waals surface area contributed by atoms with E-state index in [9.17, 15) is 4.79 Å². The number of fused-ring (bicyclic) bond motifs is 2. The van der Waals surface area contributed by atoms with E-state index < -0.39 is 0 Å². The summed E-state index contributed by atoms with van der Waals surface area (Å²) < 4.78 is 0. The summed E-state index contributed by atoms with van der Waals surface area (Å²) in [6.45, 7) is 4.26. The molecule has 0 unspecified atom stereocenters. The van der Waals surface area contributed by atoms with Crippen LogP contribution in [0.5, 0.6) is 0 Å². The molecule has 0 radical (unpaired) electrons. The minimum absolute atomic E-state index is 0.237. The molecule has 1 N–H and O–H groups in total. The summed E-state index contributed by atoms with van der Waals surface area (Å²) in [4.78, 5) is 12.1. The molecule has 1 aromatic rings.